The number of carbonyl (C=O) groups excluding carboxylic acids is 1. The van der Waals surface area contributed by atoms with E-state index >= 15 is 0 Å². The summed E-state index contributed by atoms with van der Waals surface area (Å²) in [5, 5.41) is 0. The zero-order chi connectivity index (χ0) is 19.1. The van der Waals surface area contributed by atoms with Gasteiger partial charge in [-0.05, 0) is 36.8 Å². The van der Waals surface area contributed by atoms with Crippen molar-refractivity contribution in [2.45, 2.75) is 44.9 Å². The molecular formula is C22H34N2O3. The van der Waals surface area contributed by atoms with Crippen LogP contribution in [-0.4, -0.2) is 62.7 Å². The number of benzene rings is 1. The average molecular weight is 375 g/mol. The van der Waals surface area contributed by atoms with Crippen LogP contribution in [0.2, 0.25) is 0 Å². The van der Waals surface area contributed by atoms with Gasteiger partial charge in [-0.25, -0.2) is 0 Å². The minimum atomic E-state index is 0.247. The lowest BCUT2D eigenvalue weighted by atomic mass is 9.89. The van der Waals surface area contributed by atoms with E-state index in [1.807, 2.05) is 23.1 Å². The highest BCUT2D eigenvalue weighted by Gasteiger charge is 2.24. The van der Waals surface area contributed by atoms with Crippen molar-refractivity contribution >= 4 is 5.91 Å². The average Bonchev–Trinajstić information content (AvgIpc) is 2.72. The lowest BCUT2D eigenvalue weighted by Crippen LogP contribution is -2.49. The lowest BCUT2D eigenvalue weighted by molar-refractivity contribution is -0.133. The number of amides is 1. The minimum absolute atomic E-state index is 0.247. The quantitative estimate of drug-likeness (QED) is 0.734. The van der Waals surface area contributed by atoms with Crippen LogP contribution in [0.5, 0.6) is 11.5 Å². The Kier molecular flexibility index (Phi) is 7.39. The summed E-state index contributed by atoms with van der Waals surface area (Å²) in [7, 11) is 3.29. The predicted molar refractivity (Wildman–Crippen MR) is 107 cm³/mol. The van der Waals surface area contributed by atoms with E-state index in [4.69, 9.17) is 9.47 Å². The van der Waals surface area contributed by atoms with Crippen molar-refractivity contribution in [3.05, 3.63) is 23.8 Å². The van der Waals surface area contributed by atoms with E-state index in [2.05, 4.69) is 4.90 Å². The standard InChI is InChI=1S/C22H34N2O3/c1-26-20-10-6-9-19(22(20)27-2)11-12-21(25)24-15-13-23(14-16-24)17-18-7-4-3-5-8-18/h6,9-10,18H,3-5,7-8,11-17H2,1-2H3. The van der Waals surface area contributed by atoms with Crippen LogP contribution < -0.4 is 9.47 Å². The third kappa shape index (κ3) is 5.38. The molecule has 150 valence electrons. The molecule has 0 spiro atoms. The van der Waals surface area contributed by atoms with Crippen molar-refractivity contribution in [1.82, 2.24) is 9.80 Å². The summed E-state index contributed by atoms with van der Waals surface area (Å²) in [4.78, 5) is 17.2. The van der Waals surface area contributed by atoms with Gasteiger partial charge >= 0.3 is 0 Å². The molecule has 0 atom stereocenters. The maximum absolute atomic E-state index is 12.7. The van der Waals surface area contributed by atoms with Crippen molar-refractivity contribution in [1.29, 1.82) is 0 Å². The molecule has 3 rings (SSSR count). The molecule has 1 aromatic rings. The maximum atomic E-state index is 12.7. The first-order valence-corrected chi connectivity index (χ1v) is 10.4. The SMILES string of the molecule is COc1cccc(CCC(=O)N2CCN(CC3CCCCC3)CC2)c1OC. The van der Waals surface area contributed by atoms with E-state index in [0.29, 0.717) is 12.8 Å². The Labute approximate surface area is 163 Å². The van der Waals surface area contributed by atoms with Gasteiger partial charge in [0.05, 0.1) is 14.2 Å². The highest BCUT2D eigenvalue weighted by Crippen LogP contribution is 2.31. The zero-order valence-electron chi connectivity index (χ0n) is 16.9. The molecule has 1 saturated carbocycles. The molecule has 2 aliphatic rings. The summed E-state index contributed by atoms with van der Waals surface area (Å²) in [6.07, 6.45) is 8.20. The topological polar surface area (TPSA) is 42.0 Å². The number of aryl methyl sites for hydroxylation is 1. The molecule has 0 aromatic heterocycles. The van der Waals surface area contributed by atoms with Crippen LogP contribution in [0.4, 0.5) is 0 Å². The summed E-state index contributed by atoms with van der Waals surface area (Å²) < 4.78 is 10.8. The Morgan fingerprint density at radius 3 is 2.44 bits per heavy atom. The molecule has 1 aliphatic heterocycles. The second-order valence-corrected chi connectivity index (χ2v) is 7.84. The number of piperazine rings is 1. The maximum Gasteiger partial charge on any atom is 0.222 e. The van der Waals surface area contributed by atoms with Crippen LogP contribution in [0.15, 0.2) is 18.2 Å². The monoisotopic (exact) mass is 374 g/mol. The van der Waals surface area contributed by atoms with Crippen molar-refractivity contribution in [3.8, 4) is 11.5 Å². The lowest BCUT2D eigenvalue weighted by Gasteiger charge is -2.37. The van der Waals surface area contributed by atoms with Crippen molar-refractivity contribution in [3.63, 3.8) is 0 Å². The normalized spacial score (nSPS) is 19.1. The third-order valence-electron chi connectivity index (χ3n) is 6.06. The number of methoxy groups -OCH3 is 2. The molecule has 2 fully saturated rings. The van der Waals surface area contributed by atoms with Gasteiger partial charge in [-0.3, -0.25) is 9.69 Å². The Morgan fingerprint density at radius 1 is 1.04 bits per heavy atom. The van der Waals surface area contributed by atoms with E-state index in [1.165, 1.54) is 38.6 Å². The second kappa shape index (κ2) is 9.98. The largest absolute Gasteiger partial charge is 0.493 e. The van der Waals surface area contributed by atoms with Gasteiger partial charge < -0.3 is 14.4 Å². The molecule has 0 bridgehead atoms. The summed E-state index contributed by atoms with van der Waals surface area (Å²) >= 11 is 0. The van der Waals surface area contributed by atoms with E-state index in [9.17, 15) is 4.79 Å². The number of hydrogen-bond donors (Lipinski definition) is 0. The fraction of sp³-hybridized carbons (Fsp3) is 0.682. The fourth-order valence-electron chi connectivity index (χ4n) is 4.46. The van der Waals surface area contributed by atoms with Crippen molar-refractivity contribution < 1.29 is 14.3 Å². The van der Waals surface area contributed by atoms with Crippen LogP contribution in [0.1, 0.15) is 44.1 Å². The van der Waals surface area contributed by atoms with Crippen LogP contribution >= 0.6 is 0 Å². The predicted octanol–water partition coefficient (Wildman–Crippen LogP) is 3.36. The smallest absolute Gasteiger partial charge is 0.222 e. The van der Waals surface area contributed by atoms with Gasteiger partial charge in [0.25, 0.3) is 0 Å². The van der Waals surface area contributed by atoms with Crippen LogP contribution in [-0.2, 0) is 11.2 Å². The highest BCUT2D eigenvalue weighted by atomic mass is 16.5. The Balaban J connectivity index is 1.44. The summed E-state index contributed by atoms with van der Waals surface area (Å²) in [5.74, 6) is 2.59. The fourth-order valence-corrected chi connectivity index (χ4v) is 4.46. The molecule has 1 aromatic carbocycles. The number of para-hydroxylation sites is 1. The summed E-state index contributed by atoms with van der Waals surface area (Å²) in [6, 6.07) is 5.84. The van der Waals surface area contributed by atoms with Gasteiger partial charge in [0, 0.05) is 39.1 Å². The third-order valence-corrected chi connectivity index (χ3v) is 6.06. The van der Waals surface area contributed by atoms with Crippen molar-refractivity contribution in [2.75, 3.05) is 46.9 Å². The van der Waals surface area contributed by atoms with Crippen LogP contribution in [0.3, 0.4) is 0 Å². The number of carbonyl (C=O) groups is 1. The van der Waals surface area contributed by atoms with Gasteiger partial charge in [0.15, 0.2) is 11.5 Å². The minimum Gasteiger partial charge on any atom is -0.493 e. The first-order chi connectivity index (χ1) is 13.2. The number of ether oxygens (including phenoxy) is 2. The molecule has 5 nitrogen and oxygen atoms in total. The molecule has 1 heterocycles. The van der Waals surface area contributed by atoms with Gasteiger partial charge in [-0.1, -0.05) is 31.4 Å². The molecule has 1 aliphatic carbocycles. The zero-order valence-corrected chi connectivity index (χ0v) is 16.9. The molecule has 0 N–H and O–H groups in total. The number of hydrogen-bond acceptors (Lipinski definition) is 4. The van der Waals surface area contributed by atoms with Crippen molar-refractivity contribution in [2.24, 2.45) is 5.92 Å². The van der Waals surface area contributed by atoms with Gasteiger partial charge in [-0.2, -0.15) is 0 Å². The van der Waals surface area contributed by atoms with E-state index in [1.54, 1.807) is 14.2 Å². The van der Waals surface area contributed by atoms with Gasteiger partial charge in [0.2, 0.25) is 5.91 Å². The Morgan fingerprint density at radius 2 is 1.78 bits per heavy atom. The first kappa shape index (κ1) is 20.0. The first-order valence-electron chi connectivity index (χ1n) is 10.4. The van der Waals surface area contributed by atoms with Gasteiger partial charge in [0.1, 0.15) is 0 Å². The van der Waals surface area contributed by atoms with Crippen LogP contribution in [0, 0.1) is 5.92 Å². The van der Waals surface area contributed by atoms with E-state index in [-0.39, 0.29) is 5.91 Å². The highest BCUT2D eigenvalue weighted by molar-refractivity contribution is 5.76. The molecule has 0 unspecified atom stereocenters. The second-order valence-electron chi connectivity index (χ2n) is 7.84. The number of nitrogens with zero attached hydrogens (tertiary/aromatic N) is 2. The van der Waals surface area contributed by atoms with E-state index in [0.717, 1.165) is 49.2 Å². The molecule has 27 heavy (non-hydrogen) atoms. The summed E-state index contributed by atoms with van der Waals surface area (Å²) in [5.41, 5.74) is 1.03. The molecule has 0 radical (unpaired) electrons. The molecular weight excluding hydrogens is 340 g/mol. The van der Waals surface area contributed by atoms with E-state index < -0.39 is 0 Å². The number of rotatable bonds is 7. The molecule has 1 saturated heterocycles. The summed E-state index contributed by atoms with van der Waals surface area (Å²) in [6.45, 7) is 4.99. The van der Waals surface area contributed by atoms with Gasteiger partial charge in [-0.15, -0.1) is 0 Å². The Bertz CT molecular complexity index is 606. The van der Waals surface area contributed by atoms with Crippen LogP contribution in [0.25, 0.3) is 0 Å². The molecule has 1 amide bonds. The molecule has 5 heteroatoms. The Hall–Kier alpha value is -1.75.